The van der Waals surface area contributed by atoms with E-state index in [1.807, 2.05) is 0 Å². The van der Waals surface area contributed by atoms with Crippen LogP contribution in [0, 0.1) is 5.92 Å². The first-order valence-corrected chi connectivity index (χ1v) is 6.22. The highest BCUT2D eigenvalue weighted by atomic mass is 16.4. The molecule has 1 N–H and O–H groups in total. The number of nitrogens with zero attached hydrogens (tertiary/aromatic N) is 1. The van der Waals surface area contributed by atoms with E-state index in [-0.39, 0.29) is 5.76 Å². The van der Waals surface area contributed by atoms with Crippen molar-refractivity contribution in [1.29, 1.82) is 0 Å². The molecule has 1 aliphatic rings. The maximum atomic E-state index is 10.9. The molecule has 2 rings (SSSR count). The van der Waals surface area contributed by atoms with Crippen molar-refractivity contribution in [2.24, 2.45) is 5.92 Å². The molecular formula is C13H19NO3. The quantitative estimate of drug-likeness (QED) is 0.792. The third kappa shape index (κ3) is 3.33. The molecule has 1 heterocycles. The predicted molar refractivity (Wildman–Crippen MR) is 64.0 cm³/mol. The van der Waals surface area contributed by atoms with Gasteiger partial charge in [-0.2, -0.15) is 0 Å². The normalized spacial score (nSPS) is 15.4. The zero-order valence-corrected chi connectivity index (χ0v) is 10.2. The van der Waals surface area contributed by atoms with Gasteiger partial charge in [-0.25, -0.2) is 4.79 Å². The Morgan fingerprint density at radius 3 is 2.94 bits per heavy atom. The highest BCUT2D eigenvalue weighted by molar-refractivity contribution is 5.86. The highest BCUT2D eigenvalue weighted by Crippen LogP contribution is 2.30. The van der Waals surface area contributed by atoms with Crippen molar-refractivity contribution in [1.82, 2.24) is 4.90 Å². The van der Waals surface area contributed by atoms with Crippen LogP contribution in [-0.4, -0.2) is 29.1 Å². The Bertz CT molecular complexity index is 382. The molecule has 1 aromatic heterocycles. The molecule has 1 aliphatic carbocycles. The zero-order chi connectivity index (χ0) is 12.3. The van der Waals surface area contributed by atoms with Gasteiger partial charge in [0.1, 0.15) is 0 Å². The van der Waals surface area contributed by atoms with E-state index in [0.29, 0.717) is 6.54 Å². The minimum atomic E-state index is -0.979. The number of hydrogen-bond donors (Lipinski definition) is 1. The first kappa shape index (κ1) is 12.2. The maximum absolute atomic E-state index is 10.9. The fraction of sp³-hybridized carbons (Fsp3) is 0.615. The molecule has 0 aromatic carbocycles. The van der Waals surface area contributed by atoms with E-state index in [1.165, 1.54) is 19.1 Å². The molecule has 0 radical (unpaired) electrons. The molecule has 1 saturated carbocycles. The van der Waals surface area contributed by atoms with Crippen molar-refractivity contribution >= 4 is 5.97 Å². The van der Waals surface area contributed by atoms with Crippen molar-refractivity contribution in [2.75, 3.05) is 13.1 Å². The topological polar surface area (TPSA) is 53.7 Å². The van der Waals surface area contributed by atoms with Crippen LogP contribution in [0.2, 0.25) is 0 Å². The second kappa shape index (κ2) is 5.36. The number of carbonyl (C=O) groups is 1. The minimum Gasteiger partial charge on any atom is -0.475 e. The third-order valence-corrected chi connectivity index (χ3v) is 3.09. The molecule has 4 nitrogen and oxygen atoms in total. The van der Waals surface area contributed by atoms with Gasteiger partial charge in [0.25, 0.3) is 0 Å². The maximum Gasteiger partial charge on any atom is 0.372 e. The average molecular weight is 237 g/mol. The molecule has 0 atom stereocenters. The smallest absolute Gasteiger partial charge is 0.372 e. The van der Waals surface area contributed by atoms with Gasteiger partial charge in [0, 0.05) is 18.7 Å². The Balaban J connectivity index is 1.99. The molecule has 17 heavy (non-hydrogen) atoms. The molecule has 0 amide bonds. The number of carboxylic acids is 1. The minimum absolute atomic E-state index is 0.0851. The lowest BCUT2D eigenvalue weighted by Crippen LogP contribution is -2.26. The van der Waals surface area contributed by atoms with Gasteiger partial charge >= 0.3 is 5.97 Å². The van der Waals surface area contributed by atoms with Crippen LogP contribution in [-0.2, 0) is 6.54 Å². The second-order valence-electron chi connectivity index (χ2n) is 4.76. The zero-order valence-electron chi connectivity index (χ0n) is 10.2. The predicted octanol–water partition coefficient (Wildman–Crippen LogP) is 2.60. The Hall–Kier alpha value is -1.29. The van der Waals surface area contributed by atoms with E-state index in [9.17, 15) is 4.79 Å². The fourth-order valence-electron chi connectivity index (χ4n) is 2.11. The standard InChI is InChI=1S/C13H19NO3/c1-2-6-14(8-10-3-4-10)9-11-5-7-17-12(11)13(15)16/h5,7,10H,2-4,6,8-9H2,1H3,(H,15,16). The molecule has 0 bridgehead atoms. The van der Waals surface area contributed by atoms with Crippen LogP contribution in [0.4, 0.5) is 0 Å². The largest absolute Gasteiger partial charge is 0.475 e. The molecular weight excluding hydrogens is 218 g/mol. The van der Waals surface area contributed by atoms with Gasteiger partial charge < -0.3 is 9.52 Å². The molecule has 0 saturated heterocycles. The second-order valence-corrected chi connectivity index (χ2v) is 4.76. The lowest BCUT2D eigenvalue weighted by molar-refractivity contribution is 0.0659. The summed E-state index contributed by atoms with van der Waals surface area (Å²) in [4.78, 5) is 13.3. The van der Waals surface area contributed by atoms with Crippen molar-refractivity contribution in [3.63, 3.8) is 0 Å². The summed E-state index contributed by atoms with van der Waals surface area (Å²) in [7, 11) is 0. The first-order valence-electron chi connectivity index (χ1n) is 6.22. The Kier molecular flexibility index (Phi) is 3.84. The molecule has 0 aliphatic heterocycles. The van der Waals surface area contributed by atoms with Gasteiger partial charge in [-0.15, -0.1) is 0 Å². The van der Waals surface area contributed by atoms with E-state index in [1.54, 1.807) is 6.07 Å². The van der Waals surface area contributed by atoms with E-state index in [4.69, 9.17) is 9.52 Å². The summed E-state index contributed by atoms with van der Waals surface area (Å²) in [6, 6.07) is 1.76. The SMILES string of the molecule is CCCN(Cc1ccoc1C(=O)O)CC1CC1. The van der Waals surface area contributed by atoms with Crippen LogP contribution >= 0.6 is 0 Å². The van der Waals surface area contributed by atoms with Gasteiger partial charge in [0.15, 0.2) is 0 Å². The van der Waals surface area contributed by atoms with Crippen LogP contribution in [0.3, 0.4) is 0 Å². The van der Waals surface area contributed by atoms with Gasteiger partial charge in [-0.05, 0) is 37.8 Å². The van der Waals surface area contributed by atoms with Crippen molar-refractivity contribution in [3.8, 4) is 0 Å². The summed E-state index contributed by atoms with van der Waals surface area (Å²) in [5, 5.41) is 8.98. The lowest BCUT2D eigenvalue weighted by atomic mass is 10.2. The van der Waals surface area contributed by atoms with Crippen LogP contribution in [0.15, 0.2) is 16.7 Å². The Morgan fingerprint density at radius 1 is 1.59 bits per heavy atom. The summed E-state index contributed by atoms with van der Waals surface area (Å²) >= 11 is 0. The number of rotatable bonds is 7. The van der Waals surface area contributed by atoms with Crippen molar-refractivity contribution in [3.05, 3.63) is 23.7 Å². The van der Waals surface area contributed by atoms with Crippen molar-refractivity contribution in [2.45, 2.75) is 32.7 Å². The molecule has 0 spiro atoms. The number of hydrogen-bond acceptors (Lipinski definition) is 3. The molecule has 1 aromatic rings. The summed E-state index contributed by atoms with van der Waals surface area (Å²) in [5.41, 5.74) is 0.784. The van der Waals surface area contributed by atoms with E-state index in [2.05, 4.69) is 11.8 Å². The van der Waals surface area contributed by atoms with E-state index >= 15 is 0 Å². The van der Waals surface area contributed by atoms with Gasteiger partial charge in [0.05, 0.1) is 6.26 Å². The molecule has 94 valence electrons. The fourth-order valence-corrected chi connectivity index (χ4v) is 2.11. The van der Waals surface area contributed by atoms with Crippen molar-refractivity contribution < 1.29 is 14.3 Å². The number of furan rings is 1. The van der Waals surface area contributed by atoms with E-state index < -0.39 is 5.97 Å². The van der Waals surface area contributed by atoms with Crippen LogP contribution < -0.4 is 0 Å². The van der Waals surface area contributed by atoms with Crippen LogP contribution in [0.5, 0.6) is 0 Å². The van der Waals surface area contributed by atoms with Gasteiger partial charge in [-0.3, -0.25) is 4.90 Å². The number of aromatic carboxylic acids is 1. The van der Waals surface area contributed by atoms with Gasteiger partial charge in [0.2, 0.25) is 5.76 Å². The van der Waals surface area contributed by atoms with Gasteiger partial charge in [-0.1, -0.05) is 6.92 Å². The highest BCUT2D eigenvalue weighted by Gasteiger charge is 2.25. The average Bonchev–Trinajstić information content (AvgIpc) is 2.95. The number of carboxylic acid groups (broad SMARTS) is 1. The first-order chi connectivity index (χ1) is 8.20. The van der Waals surface area contributed by atoms with E-state index in [0.717, 1.165) is 31.0 Å². The summed E-state index contributed by atoms with van der Waals surface area (Å²) in [6.07, 6.45) is 5.18. The monoisotopic (exact) mass is 237 g/mol. The summed E-state index contributed by atoms with van der Waals surface area (Å²) in [6.45, 7) is 4.93. The third-order valence-electron chi connectivity index (χ3n) is 3.09. The molecule has 0 unspecified atom stereocenters. The molecule has 1 fully saturated rings. The Labute approximate surface area is 101 Å². The van der Waals surface area contributed by atoms with Crippen LogP contribution in [0.25, 0.3) is 0 Å². The molecule has 4 heteroatoms. The Morgan fingerprint density at radius 2 is 2.35 bits per heavy atom. The lowest BCUT2D eigenvalue weighted by Gasteiger charge is -2.20. The summed E-state index contributed by atoms with van der Waals surface area (Å²) < 4.78 is 5.00. The summed E-state index contributed by atoms with van der Waals surface area (Å²) in [5.74, 6) is -0.0727. The van der Waals surface area contributed by atoms with Crippen LogP contribution in [0.1, 0.15) is 42.3 Å².